The van der Waals surface area contributed by atoms with E-state index in [4.69, 9.17) is 10.5 Å². The summed E-state index contributed by atoms with van der Waals surface area (Å²) in [4.78, 5) is 0. The van der Waals surface area contributed by atoms with Gasteiger partial charge >= 0.3 is 0 Å². The molecule has 1 aromatic rings. The monoisotopic (exact) mass is 229 g/mol. The molecule has 0 fully saturated rings. The van der Waals surface area contributed by atoms with Gasteiger partial charge in [-0.3, -0.25) is 0 Å². The van der Waals surface area contributed by atoms with Crippen molar-refractivity contribution >= 4 is 0 Å². The number of halogens is 2. The molecule has 1 aromatic carbocycles. The van der Waals surface area contributed by atoms with Gasteiger partial charge in [-0.05, 0) is 30.5 Å². The van der Waals surface area contributed by atoms with E-state index in [1.807, 2.05) is 6.92 Å². The van der Waals surface area contributed by atoms with E-state index in [1.165, 1.54) is 19.2 Å². The lowest BCUT2D eigenvalue weighted by atomic mass is 9.95. The van der Waals surface area contributed by atoms with Gasteiger partial charge < -0.3 is 10.5 Å². The summed E-state index contributed by atoms with van der Waals surface area (Å²) in [5.41, 5.74) is 6.39. The van der Waals surface area contributed by atoms with E-state index in [0.29, 0.717) is 12.3 Å². The van der Waals surface area contributed by atoms with E-state index in [1.54, 1.807) is 6.07 Å². The fourth-order valence-corrected chi connectivity index (χ4v) is 1.68. The normalized spacial score (nSPS) is 12.9. The van der Waals surface area contributed by atoms with E-state index in [0.717, 1.165) is 12.0 Å². The van der Waals surface area contributed by atoms with Gasteiger partial charge in [0.25, 0.3) is 6.43 Å². The van der Waals surface area contributed by atoms with Crippen molar-refractivity contribution in [2.75, 3.05) is 13.7 Å². The molecule has 0 spiro atoms. The van der Waals surface area contributed by atoms with Crippen LogP contribution < -0.4 is 10.5 Å². The van der Waals surface area contributed by atoms with Crippen molar-refractivity contribution in [2.24, 2.45) is 5.73 Å². The van der Waals surface area contributed by atoms with Crippen LogP contribution in [0, 0.1) is 0 Å². The summed E-state index contributed by atoms with van der Waals surface area (Å²) in [6.07, 6.45) is -1.66. The zero-order chi connectivity index (χ0) is 12.1. The largest absolute Gasteiger partial charge is 0.496 e. The standard InChI is InChI=1S/C12H17F2NO/c1-8(5-6-15)10-4-3-9(12(13)14)7-11(10)16-2/h3-4,7-8,12H,5-6,15H2,1-2H3. The molecule has 90 valence electrons. The predicted molar refractivity (Wildman–Crippen MR) is 60.0 cm³/mol. The van der Waals surface area contributed by atoms with Crippen LogP contribution in [0.3, 0.4) is 0 Å². The van der Waals surface area contributed by atoms with Gasteiger partial charge in [0.15, 0.2) is 0 Å². The fourth-order valence-electron chi connectivity index (χ4n) is 1.68. The van der Waals surface area contributed by atoms with Crippen LogP contribution in [0.1, 0.15) is 36.8 Å². The van der Waals surface area contributed by atoms with E-state index in [9.17, 15) is 8.78 Å². The first-order valence-electron chi connectivity index (χ1n) is 5.26. The smallest absolute Gasteiger partial charge is 0.263 e. The van der Waals surface area contributed by atoms with Crippen molar-refractivity contribution in [3.8, 4) is 5.75 Å². The molecule has 1 unspecified atom stereocenters. The maximum absolute atomic E-state index is 12.5. The number of ether oxygens (including phenoxy) is 1. The Morgan fingerprint density at radius 2 is 2.06 bits per heavy atom. The van der Waals surface area contributed by atoms with Crippen LogP contribution in [0.5, 0.6) is 5.75 Å². The van der Waals surface area contributed by atoms with E-state index >= 15 is 0 Å². The molecule has 0 radical (unpaired) electrons. The van der Waals surface area contributed by atoms with Gasteiger partial charge in [-0.15, -0.1) is 0 Å². The average Bonchev–Trinajstić information content (AvgIpc) is 2.28. The lowest BCUT2D eigenvalue weighted by molar-refractivity contribution is 0.151. The summed E-state index contributed by atoms with van der Waals surface area (Å²) < 4.78 is 30.1. The SMILES string of the molecule is COc1cc(C(F)F)ccc1C(C)CCN. The Kier molecular flexibility index (Phi) is 4.68. The summed E-state index contributed by atoms with van der Waals surface area (Å²) in [6, 6.07) is 4.53. The Morgan fingerprint density at radius 3 is 2.56 bits per heavy atom. The van der Waals surface area contributed by atoms with E-state index in [-0.39, 0.29) is 11.5 Å². The summed E-state index contributed by atoms with van der Waals surface area (Å²) in [7, 11) is 1.49. The van der Waals surface area contributed by atoms with Crippen LogP contribution in [-0.2, 0) is 0 Å². The third-order valence-electron chi connectivity index (χ3n) is 2.64. The minimum atomic E-state index is -2.47. The molecule has 4 heteroatoms. The number of methoxy groups -OCH3 is 1. The first-order chi connectivity index (χ1) is 7.60. The van der Waals surface area contributed by atoms with Gasteiger partial charge in [-0.25, -0.2) is 8.78 Å². The van der Waals surface area contributed by atoms with E-state index in [2.05, 4.69) is 0 Å². The summed E-state index contributed by atoms with van der Waals surface area (Å²) in [5.74, 6) is 0.727. The minimum Gasteiger partial charge on any atom is -0.496 e. The molecule has 1 atom stereocenters. The van der Waals surface area contributed by atoms with Crippen LogP contribution in [0.25, 0.3) is 0 Å². The van der Waals surface area contributed by atoms with Gasteiger partial charge in [0, 0.05) is 5.56 Å². The van der Waals surface area contributed by atoms with Crippen LogP contribution in [0.15, 0.2) is 18.2 Å². The van der Waals surface area contributed by atoms with Gasteiger partial charge in [-0.2, -0.15) is 0 Å². The lowest BCUT2D eigenvalue weighted by Gasteiger charge is -2.16. The first kappa shape index (κ1) is 12.9. The number of hydrogen-bond donors (Lipinski definition) is 1. The molecular formula is C12H17F2NO. The summed E-state index contributed by atoms with van der Waals surface area (Å²) in [5, 5.41) is 0. The van der Waals surface area contributed by atoms with Crippen molar-refractivity contribution in [1.82, 2.24) is 0 Å². The molecule has 0 amide bonds. The molecule has 0 aliphatic rings. The number of hydrogen-bond acceptors (Lipinski definition) is 2. The molecule has 0 bridgehead atoms. The maximum atomic E-state index is 12.5. The molecule has 16 heavy (non-hydrogen) atoms. The topological polar surface area (TPSA) is 35.2 Å². The molecule has 2 N–H and O–H groups in total. The number of benzene rings is 1. The van der Waals surface area contributed by atoms with E-state index < -0.39 is 6.43 Å². The van der Waals surface area contributed by atoms with Crippen molar-refractivity contribution < 1.29 is 13.5 Å². The van der Waals surface area contributed by atoms with Crippen LogP contribution in [-0.4, -0.2) is 13.7 Å². The molecule has 0 aliphatic carbocycles. The fraction of sp³-hybridized carbons (Fsp3) is 0.500. The minimum absolute atomic E-state index is 0.0134. The highest BCUT2D eigenvalue weighted by molar-refractivity contribution is 5.40. The Bertz CT molecular complexity index is 342. The third-order valence-corrected chi connectivity index (χ3v) is 2.64. The Labute approximate surface area is 94.4 Å². The maximum Gasteiger partial charge on any atom is 0.263 e. The highest BCUT2D eigenvalue weighted by atomic mass is 19.3. The van der Waals surface area contributed by atoms with Gasteiger partial charge in [0.2, 0.25) is 0 Å². The summed E-state index contributed by atoms with van der Waals surface area (Å²) in [6.45, 7) is 2.58. The van der Waals surface area contributed by atoms with Gasteiger partial charge in [0.1, 0.15) is 5.75 Å². The number of nitrogens with two attached hydrogens (primary N) is 1. The Balaban J connectivity index is 3.01. The van der Waals surface area contributed by atoms with Crippen molar-refractivity contribution in [3.63, 3.8) is 0 Å². The predicted octanol–water partition coefficient (Wildman–Crippen LogP) is 3.09. The van der Waals surface area contributed by atoms with Gasteiger partial charge in [-0.1, -0.05) is 19.1 Å². The second-order valence-corrected chi connectivity index (χ2v) is 3.78. The van der Waals surface area contributed by atoms with Crippen molar-refractivity contribution in [1.29, 1.82) is 0 Å². The number of alkyl halides is 2. The van der Waals surface area contributed by atoms with Crippen molar-refractivity contribution in [3.05, 3.63) is 29.3 Å². The number of rotatable bonds is 5. The molecule has 1 rings (SSSR count). The van der Waals surface area contributed by atoms with Crippen LogP contribution in [0.2, 0.25) is 0 Å². The average molecular weight is 229 g/mol. The molecule has 0 aromatic heterocycles. The quantitative estimate of drug-likeness (QED) is 0.842. The van der Waals surface area contributed by atoms with Crippen LogP contribution in [0.4, 0.5) is 8.78 Å². The molecule has 0 aliphatic heterocycles. The lowest BCUT2D eigenvalue weighted by Crippen LogP contribution is -2.06. The zero-order valence-corrected chi connectivity index (χ0v) is 9.54. The molecule has 0 saturated heterocycles. The third kappa shape index (κ3) is 2.92. The Hall–Kier alpha value is -1.16. The van der Waals surface area contributed by atoms with Gasteiger partial charge in [0.05, 0.1) is 7.11 Å². The second kappa shape index (κ2) is 5.80. The Morgan fingerprint density at radius 1 is 1.38 bits per heavy atom. The molecule has 0 heterocycles. The van der Waals surface area contributed by atoms with Crippen LogP contribution >= 0.6 is 0 Å². The summed E-state index contributed by atoms with van der Waals surface area (Å²) >= 11 is 0. The molecule has 0 saturated carbocycles. The molecule has 2 nitrogen and oxygen atoms in total. The first-order valence-corrected chi connectivity index (χ1v) is 5.26. The van der Waals surface area contributed by atoms with Crippen molar-refractivity contribution in [2.45, 2.75) is 25.7 Å². The highest BCUT2D eigenvalue weighted by Crippen LogP contribution is 2.32. The molecular weight excluding hydrogens is 212 g/mol. The second-order valence-electron chi connectivity index (χ2n) is 3.78. The highest BCUT2D eigenvalue weighted by Gasteiger charge is 2.14. The zero-order valence-electron chi connectivity index (χ0n) is 9.54.